The van der Waals surface area contributed by atoms with E-state index in [4.69, 9.17) is 4.98 Å². The molecule has 0 aliphatic carbocycles. The van der Waals surface area contributed by atoms with Crippen LogP contribution in [0.15, 0.2) is 84.3 Å². The lowest BCUT2D eigenvalue weighted by Gasteiger charge is -2.44. The van der Waals surface area contributed by atoms with E-state index in [1.165, 1.54) is 10.9 Å². The molecule has 330 valence electrons. The topological polar surface area (TPSA) is 180 Å². The molecule has 7 heterocycles. The van der Waals surface area contributed by atoms with Gasteiger partial charge in [0.15, 0.2) is 11.5 Å². The fraction of sp³-hybridized carbons (Fsp3) is 0.435. The normalized spacial score (nSPS) is 20.2. The van der Waals surface area contributed by atoms with Gasteiger partial charge in [0.2, 0.25) is 24.1 Å². The zero-order valence-electron chi connectivity index (χ0n) is 36.3. The van der Waals surface area contributed by atoms with Crippen molar-refractivity contribution >= 4 is 57.2 Å². The minimum atomic E-state index is -1.17. The van der Waals surface area contributed by atoms with Gasteiger partial charge in [-0.2, -0.15) is 4.98 Å². The van der Waals surface area contributed by atoms with Crippen molar-refractivity contribution in [2.24, 2.45) is 0 Å². The summed E-state index contributed by atoms with van der Waals surface area (Å²) in [4.78, 5) is 63.0. The maximum absolute atomic E-state index is 13.4. The first-order valence-electron chi connectivity index (χ1n) is 21.9. The molecule has 63 heavy (non-hydrogen) atoms. The lowest BCUT2D eigenvalue weighted by atomic mass is 9.96. The average molecular weight is 857 g/mol. The number of aliphatic hydroxyl groups excluding tert-OH is 1. The molecule has 3 fully saturated rings. The molecule has 4 N–H and O–H groups in total. The summed E-state index contributed by atoms with van der Waals surface area (Å²) < 4.78 is 3.16. The van der Waals surface area contributed by atoms with Crippen LogP contribution in [0.4, 0.5) is 34.4 Å². The summed E-state index contributed by atoms with van der Waals surface area (Å²) in [5, 5.41) is 28.0. The number of fused-ring (bicyclic) bond motifs is 2. The second-order valence-electron chi connectivity index (χ2n) is 17.6. The fourth-order valence-corrected chi connectivity index (χ4v) is 9.77. The van der Waals surface area contributed by atoms with Gasteiger partial charge in [0.1, 0.15) is 17.0 Å². The number of hydrogen-bond donors (Lipinski definition) is 4. The molecular formula is C46H56N12O5. The Labute approximate surface area is 366 Å². The van der Waals surface area contributed by atoms with Crippen LogP contribution >= 0.6 is 0 Å². The number of nitrogens with zero attached hydrogens (tertiary/aromatic N) is 10. The number of aliphatic hydroxyl groups is 2. The molecule has 2 aromatic carbocycles. The van der Waals surface area contributed by atoms with E-state index < -0.39 is 18.0 Å². The highest BCUT2D eigenvalue weighted by atomic mass is 16.3. The standard InChI is InChI=1S/C46H56N12O5/c1-6-23-56-43(61)33-28-47-44(51-41(33)58(56)38-12-8-11-37(49-38)46(2,3)63)48-29-13-15-32(16-14-29)54-24-19-30(20-25-54)52(4)31-21-26-55(27-22-31)34-9-7-10-35-40(34)53(5)45(62)57(35)36-17-18-39(59)50-42(36)60/h6-16,28,30-31,36,45,62-63H,1,17-27H2,2-5H3,(H,47,48,51)(H,50,59,60). The second-order valence-corrected chi connectivity index (χ2v) is 17.6. The summed E-state index contributed by atoms with van der Waals surface area (Å²) in [6.45, 7) is 11.1. The first-order valence-corrected chi connectivity index (χ1v) is 21.9. The Kier molecular flexibility index (Phi) is 11.2. The molecule has 0 radical (unpaired) electrons. The second kappa shape index (κ2) is 16.8. The van der Waals surface area contributed by atoms with Crippen molar-refractivity contribution in [1.29, 1.82) is 0 Å². The molecule has 3 saturated heterocycles. The van der Waals surface area contributed by atoms with Gasteiger partial charge in [-0.3, -0.25) is 19.7 Å². The fourth-order valence-electron chi connectivity index (χ4n) is 9.77. The summed E-state index contributed by atoms with van der Waals surface area (Å²) >= 11 is 0. The summed E-state index contributed by atoms with van der Waals surface area (Å²) in [5.74, 6) is 0.147. The lowest BCUT2D eigenvalue weighted by molar-refractivity contribution is -0.134. The Balaban J connectivity index is 0.813. The molecule has 5 aromatic rings. The van der Waals surface area contributed by atoms with E-state index in [0.717, 1.165) is 80.3 Å². The van der Waals surface area contributed by atoms with Crippen molar-refractivity contribution in [3.05, 3.63) is 95.6 Å². The molecule has 3 aromatic heterocycles. The van der Waals surface area contributed by atoms with Crippen molar-refractivity contribution in [3.8, 4) is 5.82 Å². The van der Waals surface area contributed by atoms with Crippen LogP contribution in [0.3, 0.4) is 0 Å². The van der Waals surface area contributed by atoms with Crippen LogP contribution in [0.5, 0.6) is 0 Å². The molecule has 4 aliphatic heterocycles. The molecular weight excluding hydrogens is 801 g/mol. The minimum Gasteiger partial charge on any atom is -0.384 e. The number of amides is 2. The summed E-state index contributed by atoms with van der Waals surface area (Å²) in [6.07, 6.45) is 6.98. The third-order valence-corrected chi connectivity index (χ3v) is 13.2. The Bertz CT molecular complexity index is 2590. The number of carbonyl (C=O) groups is 2. The number of imide groups is 1. The Hall–Kier alpha value is -6.30. The van der Waals surface area contributed by atoms with Gasteiger partial charge in [0.25, 0.3) is 5.56 Å². The van der Waals surface area contributed by atoms with Crippen molar-refractivity contribution < 1.29 is 19.8 Å². The Morgan fingerprint density at radius 1 is 0.905 bits per heavy atom. The minimum absolute atomic E-state index is 0.235. The van der Waals surface area contributed by atoms with Crippen molar-refractivity contribution in [2.45, 2.75) is 89.0 Å². The number of pyridine rings is 1. The third kappa shape index (κ3) is 7.89. The molecule has 9 rings (SSSR count). The van der Waals surface area contributed by atoms with E-state index in [2.05, 4.69) is 67.1 Å². The van der Waals surface area contributed by atoms with E-state index in [9.17, 15) is 24.6 Å². The summed E-state index contributed by atoms with van der Waals surface area (Å²) in [7, 11) is 4.14. The number of piperidine rings is 3. The lowest BCUT2D eigenvalue weighted by Crippen LogP contribution is -2.56. The monoisotopic (exact) mass is 856 g/mol. The van der Waals surface area contributed by atoms with E-state index >= 15 is 0 Å². The van der Waals surface area contributed by atoms with Crippen molar-refractivity contribution in [1.82, 2.24) is 34.5 Å². The predicted molar refractivity (Wildman–Crippen MR) is 244 cm³/mol. The van der Waals surface area contributed by atoms with E-state index in [1.54, 1.807) is 47.7 Å². The first-order chi connectivity index (χ1) is 30.3. The number of aromatic nitrogens is 5. The number of hydrogen-bond acceptors (Lipinski definition) is 14. The molecule has 4 aliphatic rings. The smallest absolute Gasteiger partial charge is 0.278 e. The van der Waals surface area contributed by atoms with E-state index in [0.29, 0.717) is 47.0 Å². The highest BCUT2D eigenvalue weighted by Crippen LogP contribution is 2.47. The van der Waals surface area contributed by atoms with Crippen LogP contribution in [0.1, 0.15) is 58.1 Å². The Morgan fingerprint density at radius 2 is 1.57 bits per heavy atom. The number of rotatable bonds is 11. The average Bonchev–Trinajstić information content (AvgIpc) is 3.70. The molecule has 0 saturated carbocycles. The van der Waals surface area contributed by atoms with E-state index in [-0.39, 0.29) is 30.3 Å². The summed E-state index contributed by atoms with van der Waals surface area (Å²) in [6, 6.07) is 20.0. The van der Waals surface area contributed by atoms with Crippen molar-refractivity contribution in [2.75, 3.05) is 65.2 Å². The highest BCUT2D eigenvalue weighted by Gasteiger charge is 2.44. The number of benzene rings is 2. The SMILES string of the molecule is C=CCn1c(=O)c2cnc(Nc3ccc(N4CCC(N(C)C5CCN(c6cccc7c6N(C)C(O)N7C6CCC(=O)NC6=O)CC5)CC4)cc3)nc2n1-c1cccc(C(C)(C)O)n1. The van der Waals surface area contributed by atoms with Gasteiger partial charge in [-0.1, -0.05) is 18.2 Å². The van der Waals surface area contributed by atoms with Gasteiger partial charge in [0, 0.05) is 69.3 Å². The van der Waals surface area contributed by atoms with Crippen LogP contribution in [-0.4, -0.2) is 116 Å². The van der Waals surface area contributed by atoms with Crippen LogP contribution in [0.2, 0.25) is 0 Å². The predicted octanol–water partition coefficient (Wildman–Crippen LogP) is 4.04. The zero-order valence-corrected chi connectivity index (χ0v) is 36.3. The van der Waals surface area contributed by atoms with Crippen LogP contribution in [0, 0.1) is 0 Å². The van der Waals surface area contributed by atoms with Gasteiger partial charge < -0.3 is 40.0 Å². The maximum Gasteiger partial charge on any atom is 0.278 e. The zero-order chi connectivity index (χ0) is 44.2. The van der Waals surface area contributed by atoms with Crippen LogP contribution in [0.25, 0.3) is 16.9 Å². The molecule has 17 nitrogen and oxygen atoms in total. The maximum atomic E-state index is 13.4. The largest absolute Gasteiger partial charge is 0.384 e. The molecule has 2 atom stereocenters. The number of allylic oxidation sites excluding steroid dienone is 1. The number of carbonyl (C=O) groups excluding carboxylic acids is 2. The molecule has 0 spiro atoms. The number of nitrogens with one attached hydrogen (secondary N) is 2. The number of anilines is 6. The molecule has 17 heteroatoms. The van der Waals surface area contributed by atoms with Crippen LogP contribution < -0.4 is 35.8 Å². The van der Waals surface area contributed by atoms with Gasteiger partial charge >= 0.3 is 0 Å². The molecule has 2 amide bonds. The number of para-hydroxylation sites is 1. The van der Waals surface area contributed by atoms with Gasteiger partial charge in [-0.25, -0.2) is 19.3 Å². The first kappa shape index (κ1) is 42.0. The highest BCUT2D eigenvalue weighted by molar-refractivity contribution is 6.03. The van der Waals surface area contributed by atoms with Crippen molar-refractivity contribution in [3.63, 3.8) is 0 Å². The molecule has 2 unspecified atom stereocenters. The molecule has 0 bridgehead atoms. The van der Waals surface area contributed by atoms with Crippen LogP contribution in [-0.2, 0) is 21.7 Å². The third-order valence-electron chi connectivity index (χ3n) is 13.2. The quantitative estimate of drug-likeness (QED) is 0.110. The van der Waals surface area contributed by atoms with E-state index in [1.807, 2.05) is 36.2 Å². The van der Waals surface area contributed by atoms with Gasteiger partial charge in [-0.15, -0.1) is 6.58 Å². The Morgan fingerprint density at radius 3 is 2.24 bits per heavy atom. The summed E-state index contributed by atoms with van der Waals surface area (Å²) in [5.41, 5.74) is 4.17. The van der Waals surface area contributed by atoms with Gasteiger partial charge in [0.05, 0.1) is 29.3 Å². The van der Waals surface area contributed by atoms with Gasteiger partial charge in [-0.05, 0) is 102 Å².